The molecule has 21 heavy (non-hydrogen) atoms. The molecule has 1 aliphatic heterocycles. The van der Waals surface area contributed by atoms with E-state index in [4.69, 9.17) is 9.15 Å². The SMILES string of the molecule is CC[C@H](CO)[C@H]1CCC2=Cc3c(cc(C)oc3=O)O[C@H]2C1. The molecule has 4 nitrogen and oxygen atoms in total. The lowest BCUT2D eigenvalue weighted by atomic mass is 9.75. The van der Waals surface area contributed by atoms with Crippen molar-refractivity contribution in [3.63, 3.8) is 0 Å². The van der Waals surface area contributed by atoms with Gasteiger partial charge >= 0.3 is 5.63 Å². The van der Waals surface area contributed by atoms with Crippen LogP contribution in [0, 0.1) is 18.8 Å². The Morgan fingerprint density at radius 2 is 2.29 bits per heavy atom. The maximum Gasteiger partial charge on any atom is 0.346 e. The summed E-state index contributed by atoms with van der Waals surface area (Å²) in [5, 5.41) is 9.50. The van der Waals surface area contributed by atoms with Crippen LogP contribution in [0.2, 0.25) is 0 Å². The Hall–Kier alpha value is -1.55. The lowest BCUT2D eigenvalue weighted by molar-refractivity contribution is 0.101. The first-order valence-electron chi connectivity index (χ1n) is 7.75. The molecule has 4 heteroatoms. The van der Waals surface area contributed by atoms with E-state index < -0.39 is 0 Å². The van der Waals surface area contributed by atoms with E-state index in [0.717, 1.165) is 25.7 Å². The fourth-order valence-electron chi connectivity index (χ4n) is 3.55. The van der Waals surface area contributed by atoms with Gasteiger partial charge < -0.3 is 14.3 Å². The van der Waals surface area contributed by atoms with E-state index in [1.54, 1.807) is 13.0 Å². The predicted molar refractivity (Wildman–Crippen MR) is 80.3 cm³/mol. The van der Waals surface area contributed by atoms with Gasteiger partial charge in [-0.25, -0.2) is 4.79 Å². The lowest BCUT2D eigenvalue weighted by Crippen LogP contribution is -2.34. The molecule has 0 radical (unpaired) electrons. The van der Waals surface area contributed by atoms with Crippen molar-refractivity contribution in [1.82, 2.24) is 0 Å². The molecule has 0 amide bonds. The molecular weight excluding hydrogens is 268 g/mol. The summed E-state index contributed by atoms with van der Waals surface area (Å²) in [5.41, 5.74) is 1.40. The molecule has 2 heterocycles. The van der Waals surface area contributed by atoms with Crippen molar-refractivity contribution in [2.45, 2.75) is 45.6 Å². The summed E-state index contributed by atoms with van der Waals surface area (Å²) in [6.07, 6.45) is 5.88. The molecule has 1 fully saturated rings. The van der Waals surface area contributed by atoms with Gasteiger partial charge in [0.05, 0.1) is 0 Å². The van der Waals surface area contributed by atoms with Crippen LogP contribution in [0.1, 0.15) is 43.9 Å². The van der Waals surface area contributed by atoms with E-state index in [9.17, 15) is 9.90 Å². The molecule has 0 bridgehead atoms. The monoisotopic (exact) mass is 290 g/mol. The highest BCUT2D eigenvalue weighted by atomic mass is 16.5. The van der Waals surface area contributed by atoms with Crippen molar-refractivity contribution in [2.75, 3.05) is 6.61 Å². The average Bonchev–Trinajstić information content (AvgIpc) is 2.46. The number of hydrogen-bond donors (Lipinski definition) is 1. The summed E-state index contributed by atoms with van der Waals surface area (Å²) in [5.74, 6) is 2.05. The van der Waals surface area contributed by atoms with Gasteiger partial charge in [-0.1, -0.05) is 13.3 Å². The lowest BCUT2D eigenvalue weighted by Gasteiger charge is -2.37. The first-order valence-corrected chi connectivity index (χ1v) is 7.75. The first-order chi connectivity index (χ1) is 10.1. The van der Waals surface area contributed by atoms with E-state index in [1.807, 2.05) is 6.08 Å². The van der Waals surface area contributed by atoms with Gasteiger partial charge in [-0.3, -0.25) is 0 Å². The fraction of sp³-hybridized carbons (Fsp3) is 0.588. The number of hydrogen-bond acceptors (Lipinski definition) is 4. The summed E-state index contributed by atoms with van der Waals surface area (Å²) in [6, 6.07) is 1.79. The second-order valence-electron chi connectivity index (χ2n) is 6.13. The number of aliphatic hydroxyl groups is 1. The van der Waals surface area contributed by atoms with Crippen molar-refractivity contribution in [3.8, 4) is 5.75 Å². The number of aryl methyl sites for hydroxylation is 1. The molecular formula is C17H22O4. The van der Waals surface area contributed by atoms with Gasteiger partial charge in [0.25, 0.3) is 0 Å². The second kappa shape index (κ2) is 5.68. The van der Waals surface area contributed by atoms with Crippen molar-refractivity contribution in [2.24, 2.45) is 11.8 Å². The minimum atomic E-state index is -0.320. The highest BCUT2D eigenvalue weighted by molar-refractivity contribution is 5.62. The molecule has 0 aromatic carbocycles. The highest BCUT2D eigenvalue weighted by Crippen LogP contribution is 2.40. The Balaban J connectivity index is 1.87. The second-order valence-corrected chi connectivity index (χ2v) is 6.13. The third-order valence-electron chi connectivity index (χ3n) is 4.83. The van der Waals surface area contributed by atoms with Gasteiger partial charge in [-0.2, -0.15) is 0 Å². The maximum atomic E-state index is 11.9. The number of aliphatic hydroxyl groups excluding tert-OH is 1. The number of ether oxygens (including phenoxy) is 1. The van der Waals surface area contributed by atoms with Crippen LogP contribution in [0.3, 0.4) is 0 Å². The van der Waals surface area contributed by atoms with Crippen molar-refractivity contribution >= 4 is 6.08 Å². The molecule has 0 saturated heterocycles. The molecule has 1 aliphatic carbocycles. The largest absolute Gasteiger partial charge is 0.485 e. The summed E-state index contributed by atoms with van der Waals surface area (Å²) in [4.78, 5) is 11.9. The Morgan fingerprint density at radius 1 is 1.48 bits per heavy atom. The normalized spacial score (nSPS) is 25.4. The van der Waals surface area contributed by atoms with Crippen molar-refractivity contribution < 1.29 is 14.3 Å². The van der Waals surface area contributed by atoms with Crippen LogP contribution in [-0.4, -0.2) is 17.8 Å². The molecule has 3 atom stereocenters. The molecule has 0 unspecified atom stereocenters. The van der Waals surface area contributed by atoms with Gasteiger partial charge in [-0.15, -0.1) is 0 Å². The molecule has 1 N–H and O–H groups in total. The predicted octanol–water partition coefficient (Wildman–Crippen LogP) is 2.91. The third kappa shape index (κ3) is 2.64. The van der Waals surface area contributed by atoms with Gasteiger partial charge in [0.1, 0.15) is 23.2 Å². The zero-order chi connectivity index (χ0) is 15.0. The summed E-state index contributed by atoms with van der Waals surface area (Å²) < 4.78 is 11.2. The minimum absolute atomic E-state index is 0.0399. The fourth-order valence-corrected chi connectivity index (χ4v) is 3.55. The molecule has 1 saturated carbocycles. The van der Waals surface area contributed by atoms with Gasteiger partial charge in [0.15, 0.2) is 0 Å². The van der Waals surface area contributed by atoms with E-state index >= 15 is 0 Å². The van der Waals surface area contributed by atoms with E-state index in [1.165, 1.54) is 5.57 Å². The average molecular weight is 290 g/mol. The third-order valence-corrected chi connectivity index (χ3v) is 4.83. The van der Waals surface area contributed by atoms with Crippen LogP contribution in [0.5, 0.6) is 5.75 Å². The van der Waals surface area contributed by atoms with Crippen molar-refractivity contribution in [1.29, 1.82) is 0 Å². The van der Waals surface area contributed by atoms with Crippen LogP contribution in [0.4, 0.5) is 0 Å². The van der Waals surface area contributed by atoms with Crippen LogP contribution < -0.4 is 10.4 Å². The van der Waals surface area contributed by atoms with Gasteiger partial charge in [0, 0.05) is 12.7 Å². The Kier molecular flexibility index (Phi) is 3.89. The Bertz CT molecular complexity index is 610. The van der Waals surface area contributed by atoms with Crippen LogP contribution in [-0.2, 0) is 0 Å². The Labute approximate surface area is 124 Å². The zero-order valence-electron chi connectivity index (χ0n) is 12.6. The molecule has 2 aliphatic rings. The number of rotatable bonds is 3. The van der Waals surface area contributed by atoms with E-state index in [-0.39, 0.29) is 18.3 Å². The van der Waals surface area contributed by atoms with Crippen LogP contribution >= 0.6 is 0 Å². The van der Waals surface area contributed by atoms with Crippen LogP contribution in [0.25, 0.3) is 6.08 Å². The highest BCUT2D eigenvalue weighted by Gasteiger charge is 2.34. The van der Waals surface area contributed by atoms with Crippen LogP contribution in [0.15, 0.2) is 20.9 Å². The zero-order valence-corrected chi connectivity index (χ0v) is 12.6. The molecule has 1 aromatic rings. The van der Waals surface area contributed by atoms with E-state index in [0.29, 0.717) is 28.9 Å². The van der Waals surface area contributed by atoms with Gasteiger partial charge in [-0.05, 0) is 49.7 Å². The summed E-state index contributed by atoms with van der Waals surface area (Å²) >= 11 is 0. The first kappa shape index (κ1) is 14.4. The molecule has 114 valence electrons. The smallest absolute Gasteiger partial charge is 0.346 e. The topological polar surface area (TPSA) is 59.7 Å². The van der Waals surface area contributed by atoms with Crippen molar-refractivity contribution in [3.05, 3.63) is 33.4 Å². The minimum Gasteiger partial charge on any atom is -0.485 e. The summed E-state index contributed by atoms with van der Waals surface area (Å²) in [7, 11) is 0. The Morgan fingerprint density at radius 3 is 3.00 bits per heavy atom. The molecule has 0 spiro atoms. The standard InChI is InChI=1S/C17H22O4/c1-3-11(9-18)12-4-5-13-7-14-16(21-15(13)8-12)6-10(2)20-17(14)19/h6-7,11-12,15,18H,3-5,8-9H2,1-2H3/t11-,12+,15+/m1/s1. The maximum absolute atomic E-state index is 11.9. The summed E-state index contributed by atoms with van der Waals surface area (Å²) in [6.45, 7) is 4.12. The quantitative estimate of drug-likeness (QED) is 0.930. The van der Waals surface area contributed by atoms with E-state index in [2.05, 4.69) is 6.92 Å². The van der Waals surface area contributed by atoms with Gasteiger partial charge in [0.2, 0.25) is 0 Å². The number of fused-ring (bicyclic) bond motifs is 2. The molecule has 1 aromatic heterocycles. The molecule has 3 rings (SSSR count).